The van der Waals surface area contributed by atoms with Gasteiger partial charge in [0.05, 0.1) is 6.54 Å². The maximum absolute atomic E-state index is 13.7. The number of nitrogens with zero attached hydrogens (tertiary/aromatic N) is 1. The van der Waals surface area contributed by atoms with Crippen molar-refractivity contribution in [1.82, 2.24) is 10.2 Å². The van der Waals surface area contributed by atoms with Crippen LogP contribution in [0, 0.1) is 35.9 Å². The molecule has 0 bridgehead atoms. The number of terminal acetylenes is 1. The normalized spacial score (nSPS) is 17.8. The van der Waals surface area contributed by atoms with Crippen LogP contribution in [0.4, 0.5) is 4.39 Å². The van der Waals surface area contributed by atoms with Gasteiger partial charge in [0, 0.05) is 23.0 Å². The molecule has 1 aromatic rings. The van der Waals surface area contributed by atoms with Gasteiger partial charge in [0.25, 0.3) is 5.91 Å². The van der Waals surface area contributed by atoms with E-state index >= 15 is 0 Å². The lowest BCUT2D eigenvalue weighted by molar-refractivity contribution is -0.136. The Bertz CT molecular complexity index is 934. The van der Waals surface area contributed by atoms with Crippen molar-refractivity contribution < 1.29 is 14.0 Å². The fourth-order valence-corrected chi connectivity index (χ4v) is 5.08. The number of rotatable bonds is 6. The maximum Gasteiger partial charge on any atom is 0.300 e. The van der Waals surface area contributed by atoms with Gasteiger partial charge in [0.2, 0.25) is 5.91 Å². The Morgan fingerprint density at radius 3 is 2.42 bits per heavy atom. The van der Waals surface area contributed by atoms with Gasteiger partial charge in [0.15, 0.2) is 0 Å². The van der Waals surface area contributed by atoms with Gasteiger partial charge in [-0.3, -0.25) is 9.59 Å². The topological polar surface area (TPSA) is 49.4 Å². The highest BCUT2D eigenvalue weighted by molar-refractivity contribution is 6.31. The van der Waals surface area contributed by atoms with Crippen LogP contribution in [0.15, 0.2) is 18.2 Å². The fraction of sp³-hybridized carbons (Fsp3) is 0.556. The van der Waals surface area contributed by atoms with Crippen LogP contribution < -0.4 is 5.32 Å². The van der Waals surface area contributed by atoms with E-state index in [1.165, 1.54) is 36.3 Å². The predicted molar refractivity (Wildman–Crippen MR) is 129 cm³/mol. The van der Waals surface area contributed by atoms with Crippen molar-refractivity contribution in [2.75, 3.05) is 6.54 Å². The second kappa shape index (κ2) is 12.7. The first kappa shape index (κ1) is 25.1. The zero-order valence-corrected chi connectivity index (χ0v) is 19.8. The van der Waals surface area contributed by atoms with E-state index in [1.807, 2.05) is 0 Å². The minimum absolute atomic E-state index is 0.0353. The molecule has 0 spiro atoms. The number of nitrogens with one attached hydrogen (secondary N) is 1. The lowest BCUT2D eigenvalue weighted by Crippen LogP contribution is -2.47. The Labute approximate surface area is 201 Å². The molecule has 33 heavy (non-hydrogen) atoms. The summed E-state index contributed by atoms with van der Waals surface area (Å²) < 4.78 is 13.7. The summed E-state index contributed by atoms with van der Waals surface area (Å²) in [5.41, 5.74) is 0.337. The van der Waals surface area contributed by atoms with E-state index < -0.39 is 17.8 Å². The minimum Gasteiger partial charge on any atom is -0.351 e. The van der Waals surface area contributed by atoms with Crippen molar-refractivity contribution in [3.8, 4) is 24.2 Å². The summed E-state index contributed by atoms with van der Waals surface area (Å²) in [4.78, 5) is 27.8. The van der Waals surface area contributed by atoms with E-state index in [-0.39, 0.29) is 23.5 Å². The number of amides is 2. The highest BCUT2D eigenvalue weighted by atomic mass is 35.5. The van der Waals surface area contributed by atoms with Crippen LogP contribution in [0.1, 0.15) is 82.2 Å². The Kier molecular flexibility index (Phi) is 9.64. The van der Waals surface area contributed by atoms with Crippen LogP contribution in [-0.2, 0) is 9.59 Å². The molecule has 176 valence electrons. The molecule has 1 unspecified atom stereocenters. The lowest BCUT2D eigenvalue weighted by atomic mass is 9.87. The first-order valence-corrected chi connectivity index (χ1v) is 12.4. The summed E-state index contributed by atoms with van der Waals surface area (Å²) in [5, 5.41) is 3.13. The molecule has 2 saturated carbocycles. The fourth-order valence-electron chi connectivity index (χ4n) is 4.81. The van der Waals surface area contributed by atoms with E-state index in [9.17, 15) is 14.0 Å². The molecule has 4 nitrogen and oxygen atoms in total. The zero-order valence-electron chi connectivity index (χ0n) is 19.0. The van der Waals surface area contributed by atoms with E-state index in [4.69, 9.17) is 18.0 Å². The van der Waals surface area contributed by atoms with Crippen LogP contribution in [-0.4, -0.2) is 29.3 Å². The molecule has 0 saturated heterocycles. The molecule has 0 radical (unpaired) electrons. The smallest absolute Gasteiger partial charge is 0.300 e. The summed E-state index contributed by atoms with van der Waals surface area (Å²) in [6.45, 7) is -0.104. The molecule has 2 aliphatic carbocycles. The van der Waals surface area contributed by atoms with Crippen molar-refractivity contribution in [2.45, 2.75) is 82.7 Å². The zero-order chi connectivity index (χ0) is 23.6. The molecular formula is C27H32ClFN2O2. The van der Waals surface area contributed by atoms with Gasteiger partial charge in [-0.15, -0.1) is 6.42 Å². The lowest BCUT2D eigenvalue weighted by Gasteiger charge is -2.31. The Hall–Kier alpha value is -2.50. The highest BCUT2D eigenvalue weighted by Crippen LogP contribution is 2.30. The molecule has 2 aliphatic rings. The van der Waals surface area contributed by atoms with Crippen LogP contribution in [0.25, 0.3) is 0 Å². The van der Waals surface area contributed by atoms with Gasteiger partial charge in [-0.25, -0.2) is 4.39 Å². The third kappa shape index (κ3) is 7.24. The molecule has 0 heterocycles. The number of carbonyl (C=O) groups is 2. The molecule has 1 N–H and O–H groups in total. The van der Waals surface area contributed by atoms with Gasteiger partial charge in [-0.05, 0) is 49.7 Å². The standard InChI is InChI=1S/C27H32ClFN2O2/c1-2-18-31(25(32)15-9-12-20-10-5-3-6-11-20)26(23-17-16-21(29)19-24(23)28)27(33)30-22-13-7-4-8-14-22/h1,16-17,19-20,22,26H,3-8,10-14,18H2,(H,30,33). The maximum atomic E-state index is 13.7. The van der Waals surface area contributed by atoms with Gasteiger partial charge in [-0.2, -0.15) is 0 Å². The summed E-state index contributed by atoms with van der Waals surface area (Å²) in [5.74, 6) is 7.28. The number of benzene rings is 1. The average Bonchev–Trinajstić information content (AvgIpc) is 2.81. The van der Waals surface area contributed by atoms with E-state index in [0.29, 0.717) is 17.9 Å². The van der Waals surface area contributed by atoms with E-state index in [2.05, 4.69) is 23.1 Å². The average molecular weight is 471 g/mol. The molecule has 0 aromatic heterocycles. The van der Waals surface area contributed by atoms with Gasteiger partial charge in [0.1, 0.15) is 11.9 Å². The van der Waals surface area contributed by atoms with Crippen molar-refractivity contribution in [3.63, 3.8) is 0 Å². The molecule has 1 atom stereocenters. The van der Waals surface area contributed by atoms with Crippen molar-refractivity contribution in [1.29, 1.82) is 0 Å². The molecule has 6 heteroatoms. The minimum atomic E-state index is -1.08. The molecule has 3 rings (SSSR count). The van der Waals surface area contributed by atoms with E-state index in [0.717, 1.165) is 51.0 Å². The quantitative estimate of drug-likeness (QED) is 0.565. The summed E-state index contributed by atoms with van der Waals surface area (Å²) >= 11 is 6.32. The summed E-state index contributed by atoms with van der Waals surface area (Å²) in [6, 6.07) is 2.77. The van der Waals surface area contributed by atoms with Crippen LogP contribution >= 0.6 is 11.6 Å². The number of hydrogen-bond donors (Lipinski definition) is 1. The molecule has 0 aliphatic heterocycles. The summed E-state index contributed by atoms with van der Waals surface area (Å²) in [7, 11) is 0. The van der Waals surface area contributed by atoms with Gasteiger partial charge < -0.3 is 10.2 Å². The van der Waals surface area contributed by atoms with Crippen molar-refractivity contribution in [2.24, 2.45) is 5.92 Å². The highest BCUT2D eigenvalue weighted by Gasteiger charge is 2.33. The van der Waals surface area contributed by atoms with Crippen molar-refractivity contribution in [3.05, 3.63) is 34.6 Å². The first-order chi connectivity index (χ1) is 16.0. The SMILES string of the molecule is C#CCN(C(=O)C#CCC1CCCCC1)C(C(=O)NC1CCCCC1)c1ccc(F)cc1Cl. The second-order valence-electron chi connectivity index (χ2n) is 9.06. The number of halogens is 2. The second-order valence-corrected chi connectivity index (χ2v) is 9.47. The molecular weight excluding hydrogens is 439 g/mol. The summed E-state index contributed by atoms with van der Waals surface area (Å²) in [6.07, 6.45) is 17.2. The Morgan fingerprint density at radius 2 is 1.79 bits per heavy atom. The molecule has 2 fully saturated rings. The van der Waals surface area contributed by atoms with Gasteiger partial charge in [-0.1, -0.05) is 68.0 Å². The monoisotopic (exact) mass is 470 g/mol. The molecule has 1 aromatic carbocycles. The predicted octanol–water partition coefficient (Wildman–Crippen LogP) is 5.40. The Balaban J connectivity index is 1.85. The first-order valence-electron chi connectivity index (χ1n) is 12.0. The largest absolute Gasteiger partial charge is 0.351 e. The number of hydrogen-bond acceptors (Lipinski definition) is 2. The Morgan fingerprint density at radius 1 is 1.12 bits per heavy atom. The third-order valence-electron chi connectivity index (χ3n) is 6.60. The number of carbonyl (C=O) groups excluding carboxylic acids is 2. The van der Waals surface area contributed by atoms with Gasteiger partial charge >= 0.3 is 0 Å². The van der Waals surface area contributed by atoms with Crippen molar-refractivity contribution >= 4 is 23.4 Å². The van der Waals surface area contributed by atoms with Crippen LogP contribution in [0.2, 0.25) is 5.02 Å². The molecule has 2 amide bonds. The van der Waals surface area contributed by atoms with E-state index in [1.54, 1.807) is 0 Å². The third-order valence-corrected chi connectivity index (χ3v) is 6.93. The van der Waals surface area contributed by atoms with Crippen LogP contribution in [0.3, 0.4) is 0 Å². The van der Waals surface area contributed by atoms with Crippen LogP contribution in [0.5, 0.6) is 0 Å².